The molecule has 21 heavy (non-hydrogen) atoms. The zero-order chi connectivity index (χ0) is 15.2. The van der Waals surface area contributed by atoms with Crippen molar-refractivity contribution in [1.82, 2.24) is 15.0 Å². The molecule has 2 rings (SSSR count). The van der Waals surface area contributed by atoms with Gasteiger partial charge in [0.2, 0.25) is 0 Å². The van der Waals surface area contributed by atoms with Gasteiger partial charge >= 0.3 is 0 Å². The van der Waals surface area contributed by atoms with Crippen molar-refractivity contribution in [3.63, 3.8) is 0 Å². The summed E-state index contributed by atoms with van der Waals surface area (Å²) in [6.45, 7) is 5.42. The Hall–Kier alpha value is -1.28. The minimum absolute atomic E-state index is 0.459. The molecule has 0 saturated carbocycles. The van der Waals surface area contributed by atoms with Crippen molar-refractivity contribution in [3.8, 4) is 11.5 Å². The van der Waals surface area contributed by atoms with Gasteiger partial charge in [-0.25, -0.2) is 15.0 Å². The predicted octanol–water partition coefficient (Wildman–Crippen LogP) is 3.42. The molecule has 112 valence electrons. The van der Waals surface area contributed by atoms with Gasteiger partial charge in [0.05, 0.1) is 15.9 Å². The van der Waals surface area contributed by atoms with Crippen LogP contribution in [0, 0.1) is 10.5 Å². The number of pyridine rings is 1. The SMILES string of the molecule is CCCNc1nc(-c2cccc(C)n2)nc(COC)c1I. The van der Waals surface area contributed by atoms with Gasteiger partial charge < -0.3 is 10.1 Å². The van der Waals surface area contributed by atoms with E-state index < -0.39 is 0 Å². The highest BCUT2D eigenvalue weighted by atomic mass is 127. The molecule has 2 aromatic rings. The van der Waals surface area contributed by atoms with Crippen LogP contribution in [0.3, 0.4) is 0 Å². The van der Waals surface area contributed by atoms with E-state index in [4.69, 9.17) is 4.74 Å². The van der Waals surface area contributed by atoms with Crippen molar-refractivity contribution in [2.75, 3.05) is 19.0 Å². The molecule has 2 heterocycles. The van der Waals surface area contributed by atoms with E-state index in [-0.39, 0.29) is 0 Å². The molecule has 0 spiro atoms. The Morgan fingerprint density at radius 2 is 2.05 bits per heavy atom. The van der Waals surface area contributed by atoms with Crippen LogP contribution in [0.15, 0.2) is 18.2 Å². The highest BCUT2D eigenvalue weighted by molar-refractivity contribution is 14.1. The lowest BCUT2D eigenvalue weighted by Gasteiger charge is -2.12. The fraction of sp³-hybridized carbons (Fsp3) is 0.400. The molecule has 0 aromatic carbocycles. The van der Waals surface area contributed by atoms with Gasteiger partial charge in [-0.15, -0.1) is 0 Å². The molecule has 0 aliphatic heterocycles. The van der Waals surface area contributed by atoms with E-state index in [1.165, 1.54) is 0 Å². The fourth-order valence-corrected chi connectivity index (χ4v) is 2.46. The van der Waals surface area contributed by atoms with E-state index in [1.54, 1.807) is 7.11 Å². The maximum Gasteiger partial charge on any atom is 0.180 e. The van der Waals surface area contributed by atoms with Crippen molar-refractivity contribution >= 4 is 28.4 Å². The second-order valence-corrected chi connectivity index (χ2v) is 5.76. The normalized spacial score (nSPS) is 10.7. The van der Waals surface area contributed by atoms with Crippen molar-refractivity contribution in [1.29, 1.82) is 0 Å². The summed E-state index contributed by atoms with van der Waals surface area (Å²) in [4.78, 5) is 13.7. The lowest BCUT2D eigenvalue weighted by Crippen LogP contribution is -2.10. The third-order valence-electron chi connectivity index (χ3n) is 2.86. The summed E-state index contributed by atoms with van der Waals surface area (Å²) in [5.41, 5.74) is 2.61. The first-order chi connectivity index (χ1) is 10.2. The fourth-order valence-electron chi connectivity index (χ4n) is 1.87. The standard InChI is InChI=1S/C15H19IN4O/c1-4-8-17-15-13(16)12(9-21-3)19-14(20-15)11-7-5-6-10(2)18-11/h5-7H,4,8-9H2,1-3H3,(H,17,19,20). The molecule has 6 heteroatoms. The third kappa shape index (κ3) is 4.10. The summed E-state index contributed by atoms with van der Waals surface area (Å²) >= 11 is 2.26. The maximum atomic E-state index is 5.24. The number of nitrogens with zero attached hydrogens (tertiary/aromatic N) is 3. The number of ether oxygens (including phenoxy) is 1. The lowest BCUT2D eigenvalue weighted by molar-refractivity contribution is 0.181. The second-order valence-electron chi connectivity index (χ2n) is 4.68. The van der Waals surface area contributed by atoms with Crippen LogP contribution in [0.2, 0.25) is 0 Å². The number of methoxy groups -OCH3 is 1. The van der Waals surface area contributed by atoms with Gasteiger partial charge in [-0.3, -0.25) is 0 Å². The molecule has 1 N–H and O–H groups in total. The number of aromatic nitrogens is 3. The minimum atomic E-state index is 0.459. The summed E-state index contributed by atoms with van der Waals surface area (Å²) in [5, 5.41) is 3.34. The Morgan fingerprint density at radius 3 is 2.71 bits per heavy atom. The quantitative estimate of drug-likeness (QED) is 0.756. The predicted molar refractivity (Wildman–Crippen MR) is 92.2 cm³/mol. The van der Waals surface area contributed by atoms with Crippen LogP contribution in [-0.4, -0.2) is 28.6 Å². The molecule has 5 nitrogen and oxygen atoms in total. The molecule has 0 aliphatic rings. The maximum absolute atomic E-state index is 5.24. The molecular weight excluding hydrogens is 379 g/mol. The number of halogens is 1. The monoisotopic (exact) mass is 398 g/mol. The van der Waals surface area contributed by atoms with Crippen LogP contribution in [0.25, 0.3) is 11.5 Å². The number of hydrogen-bond donors (Lipinski definition) is 1. The Balaban J connectivity index is 2.47. The molecule has 0 atom stereocenters. The number of hydrogen-bond acceptors (Lipinski definition) is 5. The van der Waals surface area contributed by atoms with E-state index in [0.717, 1.165) is 39.4 Å². The first-order valence-electron chi connectivity index (χ1n) is 6.89. The van der Waals surface area contributed by atoms with Crippen LogP contribution < -0.4 is 5.32 Å². The molecule has 2 aromatic heterocycles. The largest absolute Gasteiger partial charge is 0.378 e. The number of anilines is 1. The smallest absolute Gasteiger partial charge is 0.180 e. The van der Waals surface area contributed by atoms with Gasteiger partial charge in [-0.05, 0) is 48.1 Å². The Kier molecular flexibility index (Phi) is 5.86. The summed E-state index contributed by atoms with van der Waals surface area (Å²) < 4.78 is 6.24. The van der Waals surface area contributed by atoms with Crippen LogP contribution in [-0.2, 0) is 11.3 Å². The topological polar surface area (TPSA) is 59.9 Å². The zero-order valence-corrected chi connectivity index (χ0v) is 14.6. The van der Waals surface area contributed by atoms with Gasteiger partial charge in [0, 0.05) is 19.3 Å². The molecule has 0 amide bonds. The van der Waals surface area contributed by atoms with Crippen LogP contribution in [0.1, 0.15) is 24.7 Å². The van der Waals surface area contributed by atoms with Gasteiger partial charge in [0.25, 0.3) is 0 Å². The summed E-state index contributed by atoms with van der Waals surface area (Å²) in [6, 6.07) is 5.85. The van der Waals surface area contributed by atoms with E-state index >= 15 is 0 Å². The number of rotatable bonds is 6. The van der Waals surface area contributed by atoms with E-state index in [9.17, 15) is 0 Å². The van der Waals surface area contributed by atoms with Crippen LogP contribution >= 0.6 is 22.6 Å². The van der Waals surface area contributed by atoms with Crippen molar-refractivity contribution < 1.29 is 4.74 Å². The zero-order valence-electron chi connectivity index (χ0n) is 12.5. The van der Waals surface area contributed by atoms with Gasteiger partial charge in [-0.1, -0.05) is 13.0 Å². The van der Waals surface area contributed by atoms with E-state index in [2.05, 4.69) is 49.8 Å². The highest BCUT2D eigenvalue weighted by Crippen LogP contribution is 2.24. The average molecular weight is 398 g/mol. The molecule has 0 saturated heterocycles. The van der Waals surface area contributed by atoms with Crippen LogP contribution in [0.5, 0.6) is 0 Å². The average Bonchev–Trinajstić information content (AvgIpc) is 2.48. The lowest BCUT2D eigenvalue weighted by atomic mass is 10.3. The third-order valence-corrected chi connectivity index (χ3v) is 3.99. The Labute approximate surface area is 138 Å². The van der Waals surface area contributed by atoms with Crippen LogP contribution in [0.4, 0.5) is 5.82 Å². The number of nitrogens with one attached hydrogen (secondary N) is 1. The highest BCUT2D eigenvalue weighted by Gasteiger charge is 2.14. The molecule has 0 radical (unpaired) electrons. The molecule has 0 aliphatic carbocycles. The first kappa shape index (κ1) is 16.1. The summed E-state index contributed by atoms with van der Waals surface area (Å²) in [6.07, 6.45) is 1.04. The molecule has 0 fully saturated rings. The van der Waals surface area contributed by atoms with Crippen molar-refractivity contribution in [3.05, 3.63) is 33.2 Å². The second kappa shape index (κ2) is 7.65. The van der Waals surface area contributed by atoms with Gasteiger partial charge in [-0.2, -0.15) is 0 Å². The number of aryl methyl sites for hydroxylation is 1. The van der Waals surface area contributed by atoms with Crippen molar-refractivity contribution in [2.45, 2.75) is 26.9 Å². The first-order valence-corrected chi connectivity index (χ1v) is 7.96. The molecule has 0 bridgehead atoms. The summed E-state index contributed by atoms with van der Waals surface area (Å²) in [5.74, 6) is 1.47. The van der Waals surface area contributed by atoms with Gasteiger partial charge in [0.1, 0.15) is 11.5 Å². The molecular formula is C15H19IN4O. The van der Waals surface area contributed by atoms with E-state index in [0.29, 0.717) is 12.4 Å². The van der Waals surface area contributed by atoms with E-state index in [1.807, 2.05) is 25.1 Å². The van der Waals surface area contributed by atoms with Crippen molar-refractivity contribution in [2.24, 2.45) is 0 Å². The summed E-state index contributed by atoms with van der Waals surface area (Å²) in [7, 11) is 1.67. The Bertz CT molecular complexity index is 619. The van der Waals surface area contributed by atoms with Gasteiger partial charge in [0.15, 0.2) is 5.82 Å². The minimum Gasteiger partial charge on any atom is -0.378 e. The molecule has 0 unspecified atom stereocenters. The Morgan fingerprint density at radius 1 is 1.24 bits per heavy atom.